The number of nitrogens with one attached hydrogen (secondary N) is 1. The molecule has 0 aliphatic heterocycles. The molecule has 0 saturated heterocycles. The molecule has 12 aromatic rings. The minimum Gasteiger partial charge on any atom is -0.456 e. The first-order chi connectivity index (χ1) is 31.6. The number of hydrogen-bond donors (Lipinski definition) is 1. The Morgan fingerprint density at radius 2 is 1.19 bits per heavy atom. The number of fused-ring (bicyclic) bond motifs is 10. The van der Waals surface area contributed by atoms with E-state index in [-0.39, 0.29) is 0 Å². The minimum absolute atomic E-state index is 0.457. The second-order valence-corrected chi connectivity index (χ2v) is 16.7. The van der Waals surface area contributed by atoms with Crippen molar-refractivity contribution in [1.29, 1.82) is 0 Å². The van der Waals surface area contributed by atoms with Gasteiger partial charge in [0.1, 0.15) is 17.3 Å². The summed E-state index contributed by atoms with van der Waals surface area (Å²) in [6.07, 6.45) is 0.433. The summed E-state index contributed by atoms with van der Waals surface area (Å²) in [5.41, 5.74) is 16.3. The van der Waals surface area contributed by atoms with Crippen LogP contribution in [0.4, 0.5) is 5.69 Å². The Morgan fingerprint density at radius 1 is 0.531 bits per heavy atom. The van der Waals surface area contributed by atoms with Gasteiger partial charge in [-0.3, -0.25) is 4.99 Å². The van der Waals surface area contributed by atoms with E-state index >= 15 is 0 Å². The molecular formula is C59H44N4O. The number of aromatic nitrogens is 2. The van der Waals surface area contributed by atoms with Crippen molar-refractivity contribution < 1.29 is 4.42 Å². The average molecular weight is 825 g/mol. The van der Waals surface area contributed by atoms with Gasteiger partial charge in [0.15, 0.2) is 0 Å². The first-order valence-electron chi connectivity index (χ1n) is 22.1. The largest absolute Gasteiger partial charge is 0.456 e. The van der Waals surface area contributed by atoms with Gasteiger partial charge in [-0.05, 0) is 114 Å². The van der Waals surface area contributed by atoms with E-state index in [1.54, 1.807) is 0 Å². The van der Waals surface area contributed by atoms with Crippen molar-refractivity contribution in [2.75, 3.05) is 5.32 Å². The van der Waals surface area contributed by atoms with E-state index in [9.17, 15) is 0 Å². The Labute approximate surface area is 371 Å². The van der Waals surface area contributed by atoms with Gasteiger partial charge in [-0.1, -0.05) is 134 Å². The third-order valence-electron chi connectivity index (χ3n) is 12.9. The molecule has 0 fully saturated rings. The van der Waals surface area contributed by atoms with Crippen LogP contribution in [0.25, 0.3) is 88.1 Å². The lowest BCUT2D eigenvalue weighted by Crippen LogP contribution is -2.15. The van der Waals surface area contributed by atoms with Gasteiger partial charge in [0, 0.05) is 55.0 Å². The summed E-state index contributed by atoms with van der Waals surface area (Å²) in [6, 6.07) is 73.9. The molecule has 5 nitrogen and oxygen atoms in total. The van der Waals surface area contributed by atoms with E-state index in [4.69, 9.17) is 9.41 Å². The molecule has 0 bridgehead atoms. The van der Waals surface area contributed by atoms with Crippen LogP contribution < -0.4 is 5.32 Å². The van der Waals surface area contributed by atoms with E-state index in [1.165, 1.54) is 54.8 Å². The van der Waals surface area contributed by atoms with Gasteiger partial charge < -0.3 is 18.9 Å². The van der Waals surface area contributed by atoms with Gasteiger partial charge in [-0.25, -0.2) is 0 Å². The number of benzene rings is 9. The molecule has 0 aliphatic rings. The number of aliphatic imine (C=N–C) groups is 1. The monoisotopic (exact) mass is 824 g/mol. The maximum Gasteiger partial charge on any atom is 0.147 e. The van der Waals surface area contributed by atoms with Crippen LogP contribution in [0.5, 0.6) is 0 Å². The smallest absolute Gasteiger partial charge is 0.147 e. The Kier molecular flexibility index (Phi) is 9.01. The van der Waals surface area contributed by atoms with E-state index in [1.807, 2.05) is 12.1 Å². The van der Waals surface area contributed by atoms with E-state index in [0.29, 0.717) is 0 Å². The molecule has 9 aromatic carbocycles. The fourth-order valence-corrected chi connectivity index (χ4v) is 9.81. The zero-order chi connectivity index (χ0) is 42.7. The summed E-state index contributed by atoms with van der Waals surface area (Å²) >= 11 is 0. The number of aryl methyl sites for hydroxylation is 1. The number of nitrogens with zero attached hydrogens (tertiary/aromatic N) is 3. The number of anilines is 1. The van der Waals surface area contributed by atoms with Crippen molar-refractivity contribution in [3.8, 4) is 22.5 Å². The van der Waals surface area contributed by atoms with Gasteiger partial charge in [-0.2, -0.15) is 0 Å². The molecule has 64 heavy (non-hydrogen) atoms. The average Bonchev–Trinajstić information content (AvgIpc) is 4.02. The summed E-state index contributed by atoms with van der Waals surface area (Å²) in [4.78, 5) is 5.68. The van der Waals surface area contributed by atoms with E-state index in [2.05, 4.69) is 222 Å². The molecule has 0 radical (unpaired) electrons. The lowest BCUT2D eigenvalue weighted by atomic mass is 10.0. The third kappa shape index (κ3) is 6.19. The normalized spacial score (nSPS) is 12.6. The van der Waals surface area contributed by atoms with Gasteiger partial charge >= 0.3 is 0 Å². The molecule has 12 rings (SSSR count). The molecule has 3 heterocycles. The highest BCUT2D eigenvalue weighted by Crippen LogP contribution is 2.43. The molecule has 0 amide bonds. The quantitative estimate of drug-likeness (QED) is 0.147. The van der Waals surface area contributed by atoms with Crippen LogP contribution in [0.15, 0.2) is 216 Å². The van der Waals surface area contributed by atoms with Crippen molar-refractivity contribution in [2.24, 2.45) is 4.99 Å². The van der Waals surface area contributed by atoms with Gasteiger partial charge in [0.2, 0.25) is 0 Å². The maximum atomic E-state index is 6.24. The summed E-state index contributed by atoms with van der Waals surface area (Å²) in [7, 11) is 0. The first-order valence-corrected chi connectivity index (χ1v) is 22.1. The lowest BCUT2D eigenvalue weighted by molar-refractivity contribution is 0.669. The minimum atomic E-state index is -0.457. The molecule has 306 valence electrons. The molecule has 1 atom stereocenters. The standard InChI is InChI=1S/C59H44N4O/c1-3-39-26-33-53(63-51-23-13-10-20-45(51)47-32-34-54-57(58(47)63)48-22-11-14-24-52(48)62(54)44-18-8-5-9-19-44)50(36-39)59(61-43-30-27-41(28-31-43)40-16-6-4-7-17-40)60-38(2)42-29-35-56-49(37-42)46-21-12-15-25-55(46)64-56/h4-37,59,61H,3H2,1-2H3/b60-38+. The van der Waals surface area contributed by atoms with Crippen LogP contribution in [-0.4, -0.2) is 14.8 Å². The van der Waals surface area contributed by atoms with Crippen LogP contribution in [0, 0.1) is 0 Å². The summed E-state index contributed by atoms with van der Waals surface area (Å²) < 4.78 is 11.2. The molecule has 1 N–H and O–H groups in total. The molecular weight excluding hydrogens is 781 g/mol. The van der Waals surface area contributed by atoms with Crippen LogP contribution in [0.1, 0.15) is 36.7 Å². The van der Waals surface area contributed by atoms with Crippen LogP contribution in [0.3, 0.4) is 0 Å². The number of hydrogen-bond acceptors (Lipinski definition) is 3. The van der Waals surface area contributed by atoms with Crippen molar-refractivity contribution >= 4 is 76.9 Å². The predicted molar refractivity (Wildman–Crippen MR) is 269 cm³/mol. The zero-order valence-corrected chi connectivity index (χ0v) is 35.7. The fraction of sp³-hybridized carbons (Fsp3) is 0.0678. The maximum absolute atomic E-state index is 6.24. The number of rotatable bonds is 9. The fourth-order valence-electron chi connectivity index (χ4n) is 9.81. The van der Waals surface area contributed by atoms with E-state index in [0.717, 1.165) is 67.8 Å². The van der Waals surface area contributed by atoms with Crippen LogP contribution >= 0.6 is 0 Å². The SMILES string of the molecule is CCc1ccc(-n2c3ccccc3c3ccc4c(c5ccccc5n4-c4ccccc4)c32)c(C(/N=C(\C)c2ccc3oc4ccccc4c3c2)Nc2ccc(-c3ccccc3)cc2)c1. The third-order valence-corrected chi connectivity index (χ3v) is 12.9. The summed E-state index contributed by atoms with van der Waals surface area (Å²) in [6.45, 7) is 4.35. The summed E-state index contributed by atoms with van der Waals surface area (Å²) in [5, 5.41) is 11.0. The van der Waals surface area contributed by atoms with Gasteiger partial charge in [0.25, 0.3) is 0 Å². The van der Waals surface area contributed by atoms with Crippen molar-refractivity contribution in [2.45, 2.75) is 26.4 Å². The highest BCUT2D eigenvalue weighted by Gasteiger charge is 2.25. The Balaban J connectivity index is 1.11. The van der Waals surface area contributed by atoms with Crippen LogP contribution in [0.2, 0.25) is 0 Å². The highest BCUT2D eigenvalue weighted by atomic mass is 16.3. The first kappa shape index (κ1) is 37.6. The van der Waals surface area contributed by atoms with Crippen molar-refractivity contribution in [3.63, 3.8) is 0 Å². The second-order valence-electron chi connectivity index (χ2n) is 16.7. The number of furan rings is 1. The zero-order valence-electron chi connectivity index (χ0n) is 35.7. The van der Waals surface area contributed by atoms with Crippen LogP contribution in [-0.2, 0) is 6.42 Å². The van der Waals surface area contributed by atoms with Gasteiger partial charge in [0.05, 0.1) is 27.8 Å². The predicted octanol–water partition coefficient (Wildman–Crippen LogP) is 15.6. The Morgan fingerprint density at radius 3 is 1.97 bits per heavy atom. The molecule has 0 spiro atoms. The molecule has 0 saturated carbocycles. The molecule has 1 unspecified atom stereocenters. The molecule has 5 heteroatoms. The molecule has 3 aromatic heterocycles. The van der Waals surface area contributed by atoms with Crippen molar-refractivity contribution in [3.05, 3.63) is 223 Å². The topological polar surface area (TPSA) is 47.4 Å². The van der Waals surface area contributed by atoms with Crippen molar-refractivity contribution in [1.82, 2.24) is 9.13 Å². The van der Waals surface area contributed by atoms with E-state index < -0.39 is 6.17 Å². The molecule has 0 aliphatic carbocycles. The highest BCUT2D eigenvalue weighted by molar-refractivity contribution is 6.26. The lowest BCUT2D eigenvalue weighted by Gasteiger charge is -2.23. The second kappa shape index (κ2) is 15.3. The van der Waals surface area contributed by atoms with Gasteiger partial charge in [-0.15, -0.1) is 0 Å². The summed E-state index contributed by atoms with van der Waals surface area (Å²) in [5.74, 6) is 0. The Hall–Kier alpha value is -8.15. The Bertz CT molecular complexity index is 3740. The number of para-hydroxylation sites is 4.